The summed E-state index contributed by atoms with van der Waals surface area (Å²) in [6.07, 6.45) is 6.02. The van der Waals surface area contributed by atoms with E-state index in [1.54, 1.807) is 17.1 Å². The molecule has 29 heavy (non-hydrogen) atoms. The van der Waals surface area contributed by atoms with Crippen LogP contribution in [-0.2, 0) is 7.05 Å². The lowest BCUT2D eigenvalue weighted by Gasteiger charge is -2.35. The van der Waals surface area contributed by atoms with E-state index in [4.69, 9.17) is 10.00 Å². The predicted molar refractivity (Wildman–Crippen MR) is 101 cm³/mol. The summed E-state index contributed by atoms with van der Waals surface area (Å²) in [4.78, 5) is 1.98. The molecule has 2 atom stereocenters. The largest absolute Gasteiger partial charge is 0.451 e. The zero-order chi connectivity index (χ0) is 20.4. The molecule has 2 unspecified atom stereocenters. The number of aromatic nitrogens is 4. The summed E-state index contributed by atoms with van der Waals surface area (Å²) in [7, 11) is 1.81. The molecule has 0 bridgehead atoms. The molecule has 2 aromatic heterocycles. The first-order chi connectivity index (χ1) is 14.0. The SMILES string of the molecule is Cn1cc(C(O)N2CCCC(c3[nH]ncc3Oc3ccc(C#N)cc3F)C2)cn1. The Morgan fingerprint density at radius 1 is 1.38 bits per heavy atom. The van der Waals surface area contributed by atoms with Crippen LogP contribution in [0.3, 0.4) is 0 Å². The summed E-state index contributed by atoms with van der Waals surface area (Å²) >= 11 is 0. The van der Waals surface area contributed by atoms with Crippen molar-refractivity contribution in [1.82, 2.24) is 24.9 Å². The molecule has 0 saturated carbocycles. The van der Waals surface area contributed by atoms with E-state index in [9.17, 15) is 9.50 Å². The van der Waals surface area contributed by atoms with Gasteiger partial charge in [0.05, 0.1) is 29.7 Å². The maximum Gasteiger partial charge on any atom is 0.168 e. The number of H-pyrrole nitrogens is 1. The van der Waals surface area contributed by atoms with E-state index in [0.717, 1.165) is 36.7 Å². The van der Waals surface area contributed by atoms with Gasteiger partial charge in [0.2, 0.25) is 0 Å². The number of aryl methyl sites for hydroxylation is 1. The second-order valence-corrected chi connectivity index (χ2v) is 7.16. The van der Waals surface area contributed by atoms with Crippen LogP contribution in [0.15, 0.2) is 36.8 Å². The zero-order valence-electron chi connectivity index (χ0n) is 15.9. The summed E-state index contributed by atoms with van der Waals surface area (Å²) in [5.41, 5.74) is 1.74. The van der Waals surface area contributed by atoms with E-state index in [-0.39, 0.29) is 17.2 Å². The molecule has 1 aromatic carbocycles. The Balaban J connectivity index is 1.51. The molecule has 0 amide bonds. The van der Waals surface area contributed by atoms with Gasteiger partial charge in [-0.05, 0) is 31.0 Å². The minimum absolute atomic E-state index is 0.0368. The Morgan fingerprint density at radius 3 is 2.97 bits per heavy atom. The molecule has 4 rings (SSSR count). The van der Waals surface area contributed by atoms with Crippen molar-refractivity contribution in [1.29, 1.82) is 5.26 Å². The number of benzene rings is 1. The van der Waals surface area contributed by atoms with Crippen LogP contribution in [0.1, 0.15) is 41.8 Å². The average Bonchev–Trinajstić information content (AvgIpc) is 3.38. The van der Waals surface area contributed by atoms with Gasteiger partial charge in [0, 0.05) is 37.8 Å². The number of hydrogen-bond acceptors (Lipinski definition) is 6. The van der Waals surface area contributed by atoms with Gasteiger partial charge in [-0.3, -0.25) is 14.7 Å². The lowest BCUT2D eigenvalue weighted by Crippen LogP contribution is -2.37. The van der Waals surface area contributed by atoms with Crippen molar-refractivity contribution >= 4 is 0 Å². The third kappa shape index (κ3) is 3.99. The van der Waals surface area contributed by atoms with E-state index < -0.39 is 12.0 Å². The summed E-state index contributed by atoms with van der Waals surface area (Å²) in [6.45, 7) is 1.37. The standard InChI is InChI=1S/C20H21FN6O2/c1-26-11-15(9-24-26)20(28)27-6-2-3-14(12-27)19-18(10-23-25-19)29-17-5-4-13(8-22)7-16(17)21/h4-5,7,9-11,14,20,28H,2-3,6,12H2,1H3,(H,23,25). The normalized spacial score (nSPS) is 18.3. The van der Waals surface area contributed by atoms with Crippen LogP contribution in [-0.4, -0.2) is 43.1 Å². The smallest absolute Gasteiger partial charge is 0.168 e. The second kappa shape index (κ2) is 8.03. The van der Waals surface area contributed by atoms with Crippen LogP contribution in [0, 0.1) is 17.1 Å². The number of nitriles is 1. The van der Waals surface area contributed by atoms with Gasteiger partial charge < -0.3 is 9.84 Å². The number of aliphatic hydroxyl groups is 1. The van der Waals surface area contributed by atoms with Crippen LogP contribution < -0.4 is 4.74 Å². The fraction of sp³-hybridized carbons (Fsp3) is 0.350. The molecule has 150 valence electrons. The van der Waals surface area contributed by atoms with Crippen molar-refractivity contribution in [3.63, 3.8) is 0 Å². The van der Waals surface area contributed by atoms with Gasteiger partial charge in [0.1, 0.15) is 6.23 Å². The quantitative estimate of drug-likeness (QED) is 0.687. The van der Waals surface area contributed by atoms with Crippen LogP contribution in [0.4, 0.5) is 4.39 Å². The number of nitrogens with one attached hydrogen (secondary N) is 1. The van der Waals surface area contributed by atoms with E-state index in [2.05, 4.69) is 15.3 Å². The van der Waals surface area contributed by atoms with Crippen molar-refractivity contribution in [3.05, 3.63) is 59.4 Å². The predicted octanol–water partition coefficient (Wildman–Crippen LogP) is 2.82. The molecule has 1 fully saturated rings. The van der Waals surface area contributed by atoms with Gasteiger partial charge >= 0.3 is 0 Å². The van der Waals surface area contributed by atoms with Gasteiger partial charge in [-0.2, -0.15) is 15.5 Å². The van der Waals surface area contributed by atoms with Gasteiger partial charge in [-0.1, -0.05) is 0 Å². The fourth-order valence-electron chi connectivity index (χ4n) is 3.68. The maximum atomic E-state index is 14.2. The third-order valence-electron chi connectivity index (χ3n) is 5.14. The topological polar surface area (TPSA) is 103 Å². The van der Waals surface area contributed by atoms with Crippen molar-refractivity contribution in [3.8, 4) is 17.6 Å². The van der Waals surface area contributed by atoms with E-state index >= 15 is 0 Å². The number of aromatic amines is 1. The number of rotatable bonds is 5. The highest BCUT2D eigenvalue weighted by Gasteiger charge is 2.30. The lowest BCUT2D eigenvalue weighted by molar-refractivity contribution is -0.0156. The third-order valence-corrected chi connectivity index (χ3v) is 5.14. The Bertz CT molecular complexity index is 1040. The van der Waals surface area contributed by atoms with Crippen molar-refractivity contribution < 1.29 is 14.2 Å². The maximum absolute atomic E-state index is 14.2. The average molecular weight is 396 g/mol. The summed E-state index contributed by atoms with van der Waals surface area (Å²) in [5.74, 6) is -0.0754. The monoisotopic (exact) mass is 396 g/mol. The second-order valence-electron chi connectivity index (χ2n) is 7.16. The molecule has 8 nitrogen and oxygen atoms in total. The fourth-order valence-corrected chi connectivity index (χ4v) is 3.68. The molecule has 1 aliphatic heterocycles. The van der Waals surface area contributed by atoms with Crippen LogP contribution >= 0.6 is 0 Å². The molecule has 2 N–H and O–H groups in total. The van der Waals surface area contributed by atoms with Crippen LogP contribution in [0.5, 0.6) is 11.5 Å². The number of halogens is 1. The molecule has 9 heteroatoms. The molecule has 0 aliphatic carbocycles. The summed E-state index contributed by atoms with van der Waals surface area (Å²) in [6, 6.07) is 5.98. The first kappa shape index (κ1) is 19.1. The van der Waals surface area contributed by atoms with E-state index in [0.29, 0.717) is 12.3 Å². The number of ether oxygens (including phenoxy) is 1. The van der Waals surface area contributed by atoms with E-state index in [1.807, 2.05) is 18.0 Å². The van der Waals surface area contributed by atoms with Crippen LogP contribution in [0.2, 0.25) is 0 Å². The van der Waals surface area contributed by atoms with Crippen molar-refractivity contribution in [2.75, 3.05) is 13.1 Å². The minimum Gasteiger partial charge on any atom is -0.451 e. The highest BCUT2D eigenvalue weighted by atomic mass is 19.1. The Morgan fingerprint density at radius 2 is 2.24 bits per heavy atom. The molecule has 0 spiro atoms. The van der Waals surface area contributed by atoms with Gasteiger partial charge in [0.15, 0.2) is 17.3 Å². The number of aliphatic hydroxyl groups excluding tert-OH is 1. The highest BCUT2D eigenvalue weighted by molar-refractivity contribution is 5.40. The van der Waals surface area contributed by atoms with Crippen molar-refractivity contribution in [2.24, 2.45) is 7.05 Å². The molecule has 3 aromatic rings. The number of piperidine rings is 1. The molecule has 0 radical (unpaired) electrons. The summed E-state index contributed by atoms with van der Waals surface area (Å²) < 4.78 is 21.6. The highest BCUT2D eigenvalue weighted by Crippen LogP contribution is 2.36. The molecule has 1 saturated heterocycles. The van der Waals surface area contributed by atoms with Gasteiger partial charge in [0.25, 0.3) is 0 Å². The molecular formula is C20H21FN6O2. The van der Waals surface area contributed by atoms with Crippen molar-refractivity contribution in [2.45, 2.75) is 25.0 Å². The minimum atomic E-state index is -0.741. The lowest BCUT2D eigenvalue weighted by atomic mass is 9.94. The van der Waals surface area contributed by atoms with Crippen LogP contribution in [0.25, 0.3) is 0 Å². The number of hydrogen-bond donors (Lipinski definition) is 2. The van der Waals surface area contributed by atoms with E-state index in [1.165, 1.54) is 18.3 Å². The summed E-state index contributed by atoms with van der Waals surface area (Å²) in [5, 5.41) is 30.7. The van der Waals surface area contributed by atoms with Gasteiger partial charge in [-0.25, -0.2) is 4.39 Å². The first-order valence-electron chi connectivity index (χ1n) is 9.36. The molecular weight excluding hydrogens is 375 g/mol. The molecule has 3 heterocycles. The molecule has 1 aliphatic rings. The Kier molecular flexibility index (Phi) is 5.29. The Labute approximate surface area is 167 Å². The number of likely N-dealkylation sites (tertiary alicyclic amines) is 1. The Hall–Kier alpha value is -3.22. The zero-order valence-corrected chi connectivity index (χ0v) is 15.9. The van der Waals surface area contributed by atoms with Gasteiger partial charge in [-0.15, -0.1) is 0 Å². The number of nitrogens with zero attached hydrogens (tertiary/aromatic N) is 5. The first-order valence-corrected chi connectivity index (χ1v) is 9.36.